The van der Waals surface area contributed by atoms with Gasteiger partial charge in [0.15, 0.2) is 0 Å². The molecule has 8 aromatic rings. The van der Waals surface area contributed by atoms with E-state index in [0.717, 1.165) is 91.4 Å². The second kappa shape index (κ2) is 22.7. The monoisotopic (exact) mass is 906 g/mol. The number of nitrogens with one attached hydrogen (secondary N) is 2. The number of hydrogen-bond donors (Lipinski definition) is 3. The largest absolute Gasteiger partial charge is 0.440 e. The number of carbonyl (C=O) groups excluding carboxylic acids is 2. The summed E-state index contributed by atoms with van der Waals surface area (Å²) in [7, 11) is 5.47. The molecule has 1 fully saturated rings. The molecule has 4 atom stereocenters. The molecule has 8 heterocycles. The van der Waals surface area contributed by atoms with E-state index in [9.17, 15) is 19.1 Å². The molecular formula is C51H60BFN10O4. The average Bonchev–Trinajstić information content (AvgIpc) is 3.62. The lowest BCUT2D eigenvalue weighted by molar-refractivity contribution is -0.117. The summed E-state index contributed by atoms with van der Waals surface area (Å²) in [5.74, 6) is -0.183. The van der Waals surface area contributed by atoms with Crippen LogP contribution in [0.1, 0.15) is 122 Å². The van der Waals surface area contributed by atoms with E-state index in [1.165, 1.54) is 13.3 Å². The van der Waals surface area contributed by atoms with Crippen molar-refractivity contribution in [3.8, 4) is 22.3 Å². The Balaban J connectivity index is 0.000000202. The Labute approximate surface area is 392 Å². The van der Waals surface area contributed by atoms with Crippen LogP contribution < -0.4 is 10.6 Å². The molecule has 14 nitrogen and oxygen atoms in total. The molecule has 67 heavy (non-hydrogen) atoms. The Hall–Kier alpha value is -6.65. The molecule has 2 radical (unpaired) electrons. The zero-order valence-electron chi connectivity index (χ0n) is 39.8. The van der Waals surface area contributed by atoms with Crippen molar-refractivity contribution in [2.45, 2.75) is 119 Å². The number of aliphatic hydroxyl groups excluding tert-OH is 1. The van der Waals surface area contributed by atoms with Gasteiger partial charge in [-0.15, -0.1) is 0 Å². The van der Waals surface area contributed by atoms with Crippen molar-refractivity contribution in [1.29, 1.82) is 0 Å². The number of pyridine rings is 6. The van der Waals surface area contributed by atoms with Crippen molar-refractivity contribution in [3.05, 3.63) is 108 Å². The Morgan fingerprint density at radius 2 is 1.21 bits per heavy atom. The number of amides is 2. The molecule has 0 bridgehead atoms. The van der Waals surface area contributed by atoms with Gasteiger partial charge in [-0.05, 0) is 68.5 Å². The Morgan fingerprint density at radius 3 is 1.66 bits per heavy atom. The number of aryl methyl sites for hydroxylation is 2. The van der Waals surface area contributed by atoms with Crippen molar-refractivity contribution in [3.63, 3.8) is 0 Å². The van der Waals surface area contributed by atoms with E-state index in [4.69, 9.17) is 12.7 Å². The molecular weight excluding hydrogens is 846 g/mol. The standard InChI is InChI=1S/C24H24FN5O2.C22H22BN5O2.C3H8.C2H6/c1-3-4-21(31)19-7-13(2)17(12-27-19)15-8-14-11-28-22(29-24(32)16-9-18(16)25)10-20(14)30-6-5-26-23(15)30;1-4-5-20(30-23)18-8-13(2)17(12-25-18)16-9-15-11-26-21(27-14(3)29)10-19(15)28-7-6-24-22(16)28;1-3-2;1-2/h5-8,10-12,16,18,21,31H,3-4,9H2,1-2H3,(H,28,29,32);6-12,20H,4-5H2,1-3H3,(H,26,27,29);3H2,1-2H3;1-2H3. The predicted molar refractivity (Wildman–Crippen MR) is 265 cm³/mol. The first-order valence-corrected chi connectivity index (χ1v) is 23.1. The van der Waals surface area contributed by atoms with Crippen LogP contribution in [0.5, 0.6) is 0 Å². The van der Waals surface area contributed by atoms with Crippen LogP contribution in [0.3, 0.4) is 0 Å². The van der Waals surface area contributed by atoms with E-state index in [1.807, 2.05) is 86.3 Å². The minimum absolute atomic E-state index is 0.162. The number of aliphatic hydroxyl groups is 1. The van der Waals surface area contributed by atoms with Crippen LogP contribution in [-0.2, 0) is 14.2 Å². The zero-order chi connectivity index (χ0) is 48.4. The van der Waals surface area contributed by atoms with Crippen molar-refractivity contribution < 1.29 is 23.7 Å². The van der Waals surface area contributed by atoms with Gasteiger partial charge in [-0.1, -0.05) is 60.8 Å². The Kier molecular flexibility index (Phi) is 16.9. The molecule has 348 valence electrons. The molecule has 1 aliphatic carbocycles. The lowest BCUT2D eigenvalue weighted by Gasteiger charge is -2.17. The number of halogens is 1. The Bertz CT molecular complexity index is 2990. The van der Waals surface area contributed by atoms with E-state index in [1.54, 1.807) is 37.1 Å². The number of hydrogen-bond acceptors (Lipinski definition) is 10. The molecule has 0 saturated heterocycles. The molecule has 0 aromatic carbocycles. The molecule has 0 aliphatic heterocycles. The van der Waals surface area contributed by atoms with Gasteiger partial charge in [0.2, 0.25) is 11.8 Å². The van der Waals surface area contributed by atoms with Crippen LogP contribution in [0.25, 0.3) is 55.4 Å². The number of anilines is 2. The van der Waals surface area contributed by atoms with Crippen LogP contribution in [-0.4, -0.2) is 69.8 Å². The highest BCUT2D eigenvalue weighted by molar-refractivity contribution is 5.99. The van der Waals surface area contributed by atoms with Crippen LogP contribution >= 0.6 is 0 Å². The third kappa shape index (κ3) is 11.3. The molecule has 9 rings (SSSR count). The molecule has 2 amide bonds. The summed E-state index contributed by atoms with van der Waals surface area (Å²) in [4.78, 5) is 50.4. The molecule has 4 unspecified atom stereocenters. The first-order valence-electron chi connectivity index (χ1n) is 23.1. The van der Waals surface area contributed by atoms with Gasteiger partial charge in [0.25, 0.3) is 8.05 Å². The van der Waals surface area contributed by atoms with Crippen LogP contribution in [0.15, 0.2) is 86.0 Å². The van der Waals surface area contributed by atoms with Gasteiger partial charge in [-0.3, -0.25) is 28.4 Å². The quantitative estimate of drug-likeness (QED) is 0.100. The van der Waals surface area contributed by atoms with Crippen molar-refractivity contribution in [2.75, 3.05) is 10.6 Å². The average molecular weight is 907 g/mol. The molecule has 1 saturated carbocycles. The summed E-state index contributed by atoms with van der Waals surface area (Å²) in [6, 6.07) is 11.6. The smallest absolute Gasteiger partial charge is 0.283 e. The third-order valence-electron chi connectivity index (χ3n) is 11.1. The van der Waals surface area contributed by atoms with E-state index in [-0.39, 0.29) is 24.3 Å². The van der Waals surface area contributed by atoms with Gasteiger partial charge in [-0.2, -0.15) is 0 Å². The maximum Gasteiger partial charge on any atom is 0.283 e. The van der Waals surface area contributed by atoms with E-state index >= 15 is 0 Å². The summed E-state index contributed by atoms with van der Waals surface area (Å²) in [6.07, 6.45) is 17.3. The van der Waals surface area contributed by atoms with E-state index in [2.05, 4.69) is 67.4 Å². The fraction of sp³-hybridized carbons (Fsp3) is 0.373. The summed E-state index contributed by atoms with van der Waals surface area (Å²) >= 11 is 0. The van der Waals surface area contributed by atoms with Gasteiger partial charge in [0.1, 0.15) is 29.1 Å². The SMILES string of the molecule is CC.CCC.CCCC(O)c1cc(C)c(-c2cc3cnc(NC(=O)C4CC4F)cc3n3ccnc23)cn1.[B]OC(CCC)c1cc(C)c(-c2cc3cnc(NC(C)=O)cc3n3ccnc23)cn1. The first kappa shape index (κ1) is 49.8. The summed E-state index contributed by atoms with van der Waals surface area (Å²) in [6.45, 7) is 17.9. The van der Waals surface area contributed by atoms with Crippen molar-refractivity contribution >= 4 is 64.6 Å². The number of carbonyl (C=O) groups is 2. The first-order chi connectivity index (χ1) is 32.4. The highest BCUT2D eigenvalue weighted by Gasteiger charge is 2.43. The van der Waals surface area contributed by atoms with Gasteiger partial charge in [-0.25, -0.2) is 24.3 Å². The molecule has 8 aromatic heterocycles. The number of fused-ring (bicyclic) bond motifs is 6. The Morgan fingerprint density at radius 1 is 0.731 bits per heavy atom. The fourth-order valence-electron chi connectivity index (χ4n) is 7.80. The highest BCUT2D eigenvalue weighted by atomic mass is 19.1. The van der Waals surface area contributed by atoms with Gasteiger partial charge in [0, 0.05) is 102 Å². The van der Waals surface area contributed by atoms with E-state index in [0.29, 0.717) is 23.8 Å². The number of imidazole rings is 2. The second-order valence-electron chi connectivity index (χ2n) is 16.4. The fourth-order valence-corrected chi connectivity index (χ4v) is 7.80. The molecule has 3 N–H and O–H groups in total. The van der Waals surface area contributed by atoms with Crippen LogP contribution in [0, 0.1) is 19.8 Å². The molecule has 1 aliphatic rings. The number of aromatic nitrogens is 8. The highest BCUT2D eigenvalue weighted by Crippen LogP contribution is 2.36. The van der Waals surface area contributed by atoms with Crippen molar-refractivity contribution in [2.24, 2.45) is 5.92 Å². The normalized spacial score (nSPS) is 14.9. The van der Waals surface area contributed by atoms with Gasteiger partial charge >= 0.3 is 0 Å². The lowest BCUT2D eigenvalue weighted by atomic mass is 10.00. The molecule has 16 heteroatoms. The maximum atomic E-state index is 13.2. The lowest BCUT2D eigenvalue weighted by Crippen LogP contribution is -2.16. The number of alkyl halides is 1. The molecule has 0 spiro atoms. The minimum atomic E-state index is -1.05. The van der Waals surface area contributed by atoms with Crippen molar-refractivity contribution in [1.82, 2.24) is 38.7 Å². The predicted octanol–water partition coefficient (Wildman–Crippen LogP) is 11.0. The number of rotatable bonds is 12. The minimum Gasteiger partial charge on any atom is -0.440 e. The zero-order valence-corrected chi connectivity index (χ0v) is 39.8. The topological polar surface area (TPSA) is 174 Å². The van der Waals surface area contributed by atoms with Gasteiger partial charge in [0.05, 0.1) is 40.5 Å². The maximum absolute atomic E-state index is 13.2. The second-order valence-corrected chi connectivity index (χ2v) is 16.4. The van der Waals surface area contributed by atoms with Crippen LogP contribution in [0.4, 0.5) is 16.0 Å². The number of nitrogens with zero attached hydrogens (tertiary/aromatic N) is 8. The van der Waals surface area contributed by atoms with Gasteiger partial charge < -0.3 is 20.4 Å². The summed E-state index contributed by atoms with van der Waals surface area (Å²) in [5, 5.41) is 17.5. The third-order valence-corrected chi connectivity index (χ3v) is 11.1. The van der Waals surface area contributed by atoms with Crippen LogP contribution in [0.2, 0.25) is 0 Å². The summed E-state index contributed by atoms with van der Waals surface area (Å²) < 4.78 is 22.2. The summed E-state index contributed by atoms with van der Waals surface area (Å²) in [5.41, 5.74) is 10.6. The van der Waals surface area contributed by atoms with E-state index < -0.39 is 18.2 Å².